The van der Waals surface area contributed by atoms with Gasteiger partial charge in [-0.3, -0.25) is 9.80 Å². The van der Waals surface area contributed by atoms with E-state index in [1.807, 2.05) is 16.6 Å². The Kier molecular flexibility index (Phi) is 6.37. The first-order chi connectivity index (χ1) is 19.3. The molecule has 4 heterocycles. The average molecular weight is 525 g/mol. The fourth-order valence-corrected chi connectivity index (χ4v) is 6.23. The zero-order chi connectivity index (χ0) is 26.2. The third kappa shape index (κ3) is 4.51. The molecule has 39 heavy (non-hydrogen) atoms. The minimum Gasteiger partial charge on any atom is -0.497 e. The monoisotopic (exact) mass is 524 g/mol. The molecule has 2 fully saturated rings. The highest BCUT2D eigenvalue weighted by Gasteiger charge is 2.35. The summed E-state index contributed by atoms with van der Waals surface area (Å²) in [7, 11) is 1.67. The Hall–Kier alpha value is -3.96. The van der Waals surface area contributed by atoms with Gasteiger partial charge < -0.3 is 4.74 Å². The molecule has 0 radical (unpaired) electrons. The summed E-state index contributed by atoms with van der Waals surface area (Å²) >= 11 is 0. The SMILES string of the molecule is COc1ccc2cc([C@@H](c3nnnn3C3CCCC3)N3CCN(Cc4ccccc4)CC3)c3nnnn3c2c1. The second-order valence-corrected chi connectivity index (χ2v) is 10.6. The van der Waals surface area contributed by atoms with Crippen LogP contribution in [0.1, 0.15) is 54.7 Å². The van der Waals surface area contributed by atoms with Gasteiger partial charge in [0.2, 0.25) is 0 Å². The van der Waals surface area contributed by atoms with Crippen LogP contribution in [0.4, 0.5) is 0 Å². The van der Waals surface area contributed by atoms with Crippen molar-refractivity contribution in [1.29, 1.82) is 0 Å². The molecule has 1 saturated heterocycles. The van der Waals surface area contributed by atoms with E-state index in [-0.39, 0.29) is 6.04 Å². The van der Waals surface area contributed by atoms with E-state index >= 15 is 0 Å². The third-order valence-electron chi connectivity index (χ3n) is 8.25. The van der Waals surface area contributed by atoms with Crippen LogP contribution in [0.5, 0.6) is 5.75 Å². The highest BCUT2D eigenvalue weighted by atomic mass is 16.5. The summed E-state index contributed by atoms with van der Waals surface area (Å²) in [6.45, 7) is 4.66. The molecule has 0 unspecified atom stereocenters. The van der Waals surface area contributed by atoms with Gasteiger partial charge in [-0.05, 0) is 57.5 Å². The van der Waals surface area contributed by atoms with Gasteiger partial charge in [0, 0.05) is 49.7 Å². The molecule has 200 valence electrons. The summed E-state index contributed by atoms with van der Waals surface area (Å²) in [4.78, 5) is 5.02. The molecule has 1 atom stereocenters. The molecule has 0 amide bonds. The van der Waals surface area contributed by atoms with Crippen molar-refractivity contribution >= 4 is 16.6 Å². The molecule has 7 rings (SSSR count). The number of methoxy groups -OCH3 is 1. The van der Waals surface area contributed by atoms with Crippen molar-refractivity contribution in [3.63, 3.8) is 0 Å². The molecule has 11 heteroatoms. The highest BCUT2D eigenvalue weighted by molar-refractivity contribution is 5.84. The van der Waals surface area contributed by atoms with Crippen molar-refractivity contribution in [3.8, 4) is 5.75 Å². The highest BCUT2D eigenvalue weighted by Crippen LogP contribution is 2.37. The normalized spacial score (nSPS) is 18.3. The number of benzene rings is 2. The van der Waals surface area contributed by atoms with Gasteiger partial charge in [-0.2, -0.15) is 4.52 Å². The molecule has 2 aliphatic rings. The van der Waals surface area contributed by atoms with Gasteiger partial charge in [0.1, 0.15) is 11.8 Å². The van der Waals surface area contributed by atoms with Gasteiger partial charge in [-0.1, -0.05) is 43.2 Å². The minimum atomic E-state index is -0.167. The van der Waals surface area contributed by atoms with Gasteiger partial charge in [-0.15, -0.1) is 10.2 Å². The van der Waals surface area contributed by atoms with Gasteiger partial charge in [0.05, 0.1) is 18.7 Å². The van der Waals surface area contributed by atoms with Crippen molar-refractivity contribution in [2.45, 2.75) is 44.3 Å². The summed E-state index contributed by atoms with van der Waals surface area (Å²) in [6, 6.07) is 19.1. The lowest BCUT2D eigenvalue weighted by molar-refractivity contribution is 0.0996. The second kappa shape index (κ2) is 10.3. The van der Waals surface area contributed by atoms with E-state index in [0.717, 1.165) is 73.6 Å². The molecular weight excluding hydrogens is 492 g/mol. The number of aromatic nitrogens is 8. The largest absolute Gasteiger partial charge is 0.497 e. The molecular formula is C28H32N10O. The number of fused-ring (bicyclic) bond motifs is 3. The Labute approximate surface area is 226 Å². The Morgan fingerprint density at radius 2 is 1.69 bits per heavy atom. The maximum absolute atomic E-state index is 5.48. The van der Waals surface area contributed by atoms with E-state index in [0.29, 0.717) is 11.7 Å². The predicted molar refractivity (Wildman–Crippen MR) is 145 cm³/mol. The number of pyridine rings is 1. The fraction of sp³-hybridized carbons (Fsp3) is 0.429. The first-order valence-electron chi connectivity index (χ1n) is 13.8. The van der Waals surface area contributed by atoms with Gasteiger partial charge in [-0.25, -0.2) is 4.68 Å². The van der Waals surface area contributed by atoms with Crippen molar-refractivity contribution in [2.75, 3.05) is 33.3 Å². The number of hydrogen-bond acceptors (Lipinski definition) is 9. The Morgan fingerprint density at radius 1 is 0.897 bits per heavy atom. The Balaban J connectivity index is 1.29. The molecule has 11 nitrogen and oxygen atoms in total. The van der Waals surface area contributed by atoms with Crippen LogP contribution in [0.2, 0.25) is 0 Å². The smallest absolute Gasteiger partial charge is 0.185 e. The number of nitrogens with zero attached hydrogens (tertiary/aromatic N) is 10. The first-order valence-corrected chi connectivity index (χ1v) is 13.8. The summed E-state index contributed by atoms with van der Waals surface area (Å²) in [5, 5.41) is 27.3. The molecule has 1 saturated carbocycles. The number of piperazine rings is 1. The number of ether oxygens (including phenoxy) is 1. The number of hydrogen-bond donors (Lipinski definition) is 0. The zero-order valence-electron chi connectivity index (χ0n) is 22.1. The van der Waals surface area contributed by atoms with Crippen LogP contribution < -0.4 is 4.74 Å². The minimum absolute atomic E-state index is 0.167. The van der Waals surface area contributed by atoms with Crippen molar-refractivity contribution < 1.29 is 4.74 Å². The summed E-state index contributed by atoms with van der Waals surface area (Å²) in [5.74, 6) is 1.64. The standard InChI is InChI=1S/C28H32N10O/c1-39-23-12-11-21-17-24(27-29-31-34-38(27)25(21)18-23)26(28-30-32-33-37(28)22-9-5-6-10-22)36-15-13-35(14-16-36)19-20-7-3-2-4-8-20/h2-4,7-8,11-12,17-18,22,26H,5-6,9-10,13-16,19H2,1H3/t26-/m0/s1. The van der Waals surface area contributed by atoms with Crippen LogP contribution >= 0.6 is 0 Å². The molecule has 5 aromatic rings. The van der Waals surface area contributed by atoms with Crippen LogP contribution in [0.15, 0.2) is 54.6 Å². The topological polar surface area (TPSA) is 102 Å². The van der Waals surface area contributed by atoms with Crippen LogP contribution in [0.25, 0.3) is 16.6 Å². The van der Waals surface area contributed by atoms with Crippen molar-refractivity contribution in [2.24, 2.45) is 0 Å². The van der Waals surface area contributed by atoms with Gasteiger partial charge >= 0.3 is 0 Å². The van der Waals surface area contributed by atoms with Gasteiger partial charge in [0.15, 0.2) is 11.5 Å². The van der Waals surface area contributed by atoms with E-state index in [4.69, 9.17) is 4.74 Å². The van der Waals surface area contributed by atoms with Crippen LogP contribution in [0.3, 0.4) is 0 Å². The van der Waals surface area contributed by atoms with E-state index < -0.39 is 0 Å². The molecule has 1 aliphatic carbocycles. The Morgan fingerprint density at radius 3 is 2.49 bits per heavy atom. The third-order valence-corrected chi connectivity index (χ3v) is 8.25. The van der Waals surface area contributed by atoms with E-state index in [1.54, 1.807) is 7.11 Å². The van der Waals surface area contributed by atoms with E-state index in [9.17, 15) is 0 Å². The summed E-state index contributed by atoms with van der Waals surface area (Å²) < 4.78 is 9.37. The van der Waals surface area contributed by atoms with Crippen LogP contribution in [-0.2, 0) is 6.54 Å². The van der Waals surface area contributed by atoms with Crippen molar-refractivity contribution in [1.82, 2.24) is 50.0 Å². The Bertz CT molecular complexity index is 1570. The average Bonchev–Trinajstić information content (AvgIpc) is 3.77. The predicted octanol–water partition coefficient (Wildman–Crippen LogP) is 3.29. The lowest BCUT2D eigenvalue weighted by Crippen LogP contribution is -2.48. The maximum Gasteiger partial charge on any atom is 0.185 e. The molecule has 0 bridgehead atoms. The summed E-state index contributed by atoms with van der Waals surface area (Å²) in [5.41, 5.74) is 3.98. The summed E-state index contributed by atoms with van der Waals surface area (Å²) in [6.07, 6.45) is 4.63. The fourth-order valence-electron chi connectivity index (χ4n) is 6.23. The molecule has 0 spiro atoms. The lowest BCUT2D eigenvalue weighted by Gasteiger charge is -2.39. The molecule has 3 aromatic heterocycles. The second-order valence-electron chi connectivity index (χ2n) is 10.6. The lowest BCUT2D eigenvalue weighted by atomic mass is 10.0. The quantitative estimate of drug-likeness (QED) is 0.317. The van der Waals surface area contributed by atoms with Crippen molar-refractivity contribution in [3.05, 3.63) is 71.5 Å². The molecule has 2 aromatic carbocycles. The van der Waals surface area contributed by atoms with Gasteiger partial charge in [0.25, 0.3) is 0 Å². The zero-order valence-corrected chi connectivity index (χ0v) is 22.1. The first kappa shape index (κ1) is 24.1. The molecule has 0 N–H and O–H groups in total. The van der Waals surface area contributed by atoms with E-state index in [1.165, 1.54) is 18.4 Å². The number of rotatable bonds is 7. The van der Waals surface area contributed by atoms with E-state index in [2.05, 4.69) is 88.0 Å². The van der Waals surface area contributed by atoms with Crippen LogP contribution in [-0.4, -0.2) is 83.3 Å². The number of tetrazole rings is 2. The maximum atomic E-state index is 5.48. The van der Waals surface area contributed by atoms with Crippen LogP contribution in [0, 0.1) is 0 Å². The molecule has 1 aliphatic heterocycles.